The van der Waals surface area contributed by atoms with Gasteiger partial charge in [0.2, 0.25) is 0 Å². The van der Waals surface area contributed by atoms with E-state index in [-0.39, 0.29) is 6.04 Å². The topological polar surface area (TPSA) is 52.0 Å². The predicted octanol–water partition coefficient (Wildman–Crippen LogP) is 1.58. The molecule has 0 bridgehead atoms. The van der Waals surface area contributed by atoms with Gasteiger partial charge in [0.1, 0.15) is 6.26 Å². The summed E-state index contributed by atoms with van der Waals surface area (Å²) in [4.78, 5) is 4.30. The molecule has 0 aliphatic heterocycles. The first kappa shape index (κ1) is 7.80. The van der Waals surface area contributed by atoms with Crippen molar-refractivity contribution in [2.45, 2.75) is 38.1 Å². The fraction of sp³-hybridized carbons (Fsp3) is 0.667. The second-order valence-corrected chi connectivity index (χ2v) is 3.49. The summed E-state index contributed by atoms with van der Waals surface area (Å²) in [5.74, 6) is 1.17. The van der Waals surface area contributed by atoms with E-state index in [1.165, 1.54) is 6.42 Å². The van der Waals surface area contributed by atoms with Crippen LogP contribution in [0.2, 0.25) is 0 Å². The van der Waals surface area contributed by atoms with Gasteiger partial charge in [-0.3, -0.25) is 0 Å². The molecular formula is C9H14N2O. The molecule has 2 unspecified atom stereocenters. The first-order valence-corrected chi connectivity index (χ1v) is 4.45. The number of aromatic nitrogens is 1. The summed E-state index contributed by atoms with van der Waals surface area (Å²) < 4.78 is 5.16. The molecule has 0 spiro atoms. The summed E-state index contributed by atoms with van der Waals surface area (Å²) in [5, 5.41) is 0. The molecule has 2 rings (SSSR count). The van der Waals surface area contributed by atoms with Gasteiger partial charge >= 0.3 is 0 Å². The lowest BCUT2D eigenvalue weighted by Crippen LogP contribution is -2.22. The van der Waals surface area contributed by atoms with Crippen LogP contribution in [0.15, 0.2) is 10.7 Å². The molecule has 1 heterocycles. The van der Waals surface area contributed by atoms with Crippen LogP contribution in [0.25, 0.3) is 0 Å². The summed E-state index contributed by atoms with van der Waals surface area (Å²) in [6.07, 6.45) is 5.24. The minimum Gasteiger partial charge on any atom is -0.449 e. The molecule has 0 radical (unpaired) electrons. The molecule has 2 atom stereocenters. The molecule has 1 aromatic heterocycles. The van der Waals surface area contributed by atoms with E-state index in [1.54, 1.807) is 6.26 Å². The number of hydrogen-bond acceptors (Lipinski definition) is 3. The van der Waals surface area contributed by atoms with E-state index in [0.717, 1.165) is 24.4 Å². The highest BCUT2D eigenvalue weighted by molar-refractivity contribution is 5.09. The zero-order chi connectivity index (χ0) is 8.55. The van der Waals surface area contributed by atoms with E-state index in [0.29, 0.717) is 5.92 Å². The maximum absolute atomic E-state index is 5.94. The van der Waals surface area contributed by atoms with Crippen molar-refractivity contribution in [3.05, 3.63) is 17.8 Å². The zero-order valence-electron chi connectivity index (χ0n) is 7.29. The summed E-state index contributed by atoms with van der Waals surface area (Å²) >= 11 is 0. The third kappa shape index (κ3) is 1.25. The van der Waals surface area contributed by atoms with Crippen LogP contribution >= 0.6 is 0 Å². The molecule has 12 heavy (non-hydrogen) atoms. The van der Waals surface area contributed by atoms with E-state index in [9.17, 15) is 0 Å². The average molecular weight is 166 g/mol. The molecule has 3 nitrogen and oxygen atoms in total. The van der Waals surface area contributed by atoms with Crippen molar-refractivity contribution in [1.29, 1.82) is 0 Å². The lowest BCUT2D eigenvalue weighted by Gasteiger charge is -2.10. The largest absolute Gasteiger partial charge is 0.449 e. The Labute approximate surface area is 72.0 Å². The molecule has 2 N–H and O–H groups in total. The van der Waals surface area contributed by atoms with Gasteiger partial charge in [-0.1, -0.05) is 6.42 Å². The normalized spacial score (nSPS) is 29.5. The SMILES string of the molecule is Cc1nc(C2CCCC2N)co1. The van der Waals surface area contributed by atoms with Crippen molar-refractivity contribution in [2.24, 2.45) is 5.73 Å². The summed E-state index contributed by atoms with van der Waals surface area (Å²) in [7, 11) is 0. The van der Waals surface area contributed by atoms with Gasteiger partial charge in [-0.05, 0) is 12.8 Å². The highest BCUT2D eigenvalue weighted by Gasteiger charge is 2.27. The fourth-order valence-electron chi connectivity index (χ4n) is 1.91. The molecule has 1 fully saturated rings. The molecular weight excluding hydrogens is 152 g/mol. The predicted molar refractivity (Wildman–Crippen MR) is 45.8 cm³/mol. The van der Waals surface area contributed by atoms with Crippen molar-refractivity contribution in [3.63, 3.8) is 0 Å². The van der Waals surface area contributed by atoms with E-state index < -0.39 is 0 Å². The summed E-state index contributed by atoms with van der Waals surface area (Å²) in [5.41, 5.74) is 6.98. The maximum Gasteiger partial charge on any atom is 0.191 e. The van der Waals surface area contributed by atoms with Crippen molar-refractivity contribution in [2.75, 3.05) is 0 Å². The Bertz CT molecular complexity index is 269. The van der Waals surface area contributed by atoms with Crippen molar-refractivity contribution < 1.29 is 4.42 Å². The van der Waals surface area contributed by atoms with Crippen LogP contribution < -0.4 is 5.73 Å². The van der Waals surface area contributed by atoms with Crippen LogP contribution in [0.5, 0.6) is 0 Å². The van der Waals surface area contributed by atoms with Gasteiger partial charge in [0, 0.05) is 18.9 Å². The van der Waals surface area contributed by atoms with Crippen LogP contribution in [0, 0.1) is 6.92 Å². The second-order valence-electron chi connectivity index (χ2n) is 3.49. The molecule has 3 heteroatoms. The standard InChI is InChI=1S/C9H14N2O/c1-6-11-9(5-12-6)7-3-2-4-8(7)10/h5,7-8H,2-4,10H2,1H3. The van der Waals surface area contributed by atoms with E-state index in [2.05, 4.69) is 4.98 Å². The molecule has 1 aliphatic carbocycles. The Hall–Kier alpha value is -0.830. The Morgan fingerprint density at radius 3 is 2.92 bits per heavy atom. The molecule has 1 aliphatic rings. The van der Waals surface area contributed by atoms with Gasteiger partial charge in [-0.15, -0.1) is 0 Å². The highest BCUT2D eigenvalue weighted by atomic mass is 16.3. The quantitative estimate of drug-likeness (QED) is 0.689. The van der Waals surface area contributed by atoms with Gasteiger partial charge in [0.15, 0.2) is 5.89 Å². The van der Waals surface area contributed by atoms with Gasteiger partial charge in [-0.25, -0.2) is 4.98 Å². The number of hydrogen-bond donors (Lipinski definition) is 1. The lowest BCUT2D eigenvalue weighted by atomic mass is 10.0. The minimum absolute atomic E-state index is 0.287. The van der Waals surface area contributed by atoms with E-state index >= 15 is 0 Å². The van der Waals surface area contributed by atoms with Gasteiger partial charge in [0.25, 0.3) is 0 Å². The van der Waals surface area contributed by atoms with Crippen LogP contribution in [0.1, 0.15) is 36.8 Å². The maximum atomic E-state index is 5.94. The molecule has 0 aromatic carbocycles. The molecule has 66 valence electrons. The van der Waals surface area contributed by atoms with E-state index in [1.807, 2.05) is 6.92 Å². The lowest BCUT2D eigenvalue weighted by molar-refractivity contribution is 0.517. The van der Waals surface area contributed by atoms with E-state index in [4.69, 9.17) is 10.2 Å². The van der Waals surface area contributed by atoms with Crippen LogP contribution in [-0.4, -0.2) is 11.0 Å². The smallest absolute Gasteiger partial charge is 0.191 e. The van der Waals surface area contributed by atoms with Crippen molar-refractivity contribution >= 4 is 0 Å². The Morgan fingerprint density at radius 1 is 1.58 bits per heavy atom. The first-order chi connectivity index (χ1) is 5.77. The first-order valence-electron chi connectivity index (χ1n) is 4.45. The Morgan fingerprint density at radius 2 is 2.42 bits per heavy atom. The third-order valence-corrected chi connectivity index (χ3v) is 2.59. The fourth-order valence-corrected chi connectivity index (χ4v) is 1.91. The minimum atomic E-state index is 0.287. The van der Waals surface area contributed by atoms with Gasteiger partial charge in [-0.2, -0.15) is 0 Å². The van der Waals surface area contributed by atoms with Crippen LogP contribution in [-0.2, 0) is 0 Å². The molecule has 1 aromatic rings. The highest BCUT2D eigenvalue weighted by Crippen LogP contribution is 2.32. The number of aryl methyl sites for hydroxylation is 1. The number of oxazole rings is 1. The third-order valence-electron chi connectivity index (χ3n) is 2.59. The summed E-state index contributed by atoms with van der Waals surface area (Å²) in [6.45, 7) is 1.87. The van der Waals surface area contributed by atoms with Gasteiger partial charge < -0.3 is 10.2 Å². The number of nitrogens with two attached hydrogens (primary N) is 1. The Kier molecular flexibility index (Phi) is 1.89. The molecule has 0 amide bonds. The average Bonchev–Trinajstić information content (AvgIpc) is 2.58. The number of rotatable bonds is 1. The van der Waals surface area contributed by atoms with Crippen molar-refractivity contribution in [1.82, 2.24) is 4.98 Å². The number of nitrogens with zero attached hydrogens (tertiary/aromatic N) is 1. The van der Waals surface area contributed by atoms with Crippen molar-refractivity contribution in [3.8, 4) is 0 Å². The summed E-state index contributed by atoms with van der Waals surface area (Å²) in [6, 6.07) is 0.287. The molecule has 1 saturated carbocycles. The monoisotopic (exact) mass is 166 g/mol. The second kappa shape index (κ2) is 2.90. The van der Waals surface area contributed by atoms with Gasteiger partial charge in [0.05, 0.1) is 5.69 Å². The zero-order valence-corrected chi connectivity index (χ0v) is 7.29. The molecule has 0 saturated heterocycles. The Balaban J connectivity index is 2.19. The van der Waals surface area contributed by atoms with Crippen LogP contribution in [0.3, 0.4) is 0 Å². The van der Waals surface area contributed by atoms with Crippen LogP contribution in [0.4, 0.5) is 0 Å².